The van der Waals surface area contributed by atoms with Gasteiger partial charge in [0, 0.05) is 29.1 Å². The van der Waals surface area contributed by atoms with E-state index in [1.165, 1.54) is 40.5 Å². The number of non-ortho nitro benzene ring substituents is 1. The first-order chi connectivity index (χ1) is 14.2. The van der Waals surface area contributed by atoms with Gasteiger partial charge in [0.15, 0.2) is 0 Å². The van der Waals surface area contributed by atoms with Gasteiger partial charge in [-0.1, -0.05) is 0 Å². The Balaban J connectivity index is 2.07. The molecule has 2 aromatic rings. The van der Waals surface area contributed by atoms with Gasteiger partial charge in [-0.3, -0.25) is 19.7 Å². The number of nitrogens with zero attached hydrogens (tertiary/aromatic N) is 2. The van der Waals surface area contributed by atoms with E-state index in [1.807, 2.05) is 32.2 Å². The molecule has 1 aromatic carbocycles. The number of hydrogen-bond acceptors (Lipinski definition) is 7. The second-order valence-corrected chi connectivity index (χ2v) is 8.13. The highest BCUT2D eigenvalue weighted by Crippen LogP contribution is 2.42. The number of benzene rings is 1. The van der Waals surface area contributed by atoms with Gasteiger partial charge in [0.05, 0.1) is 29.2 Å². The Hall–Kier alpha value is -3.04. The smallest absolute Gasteiger partial charge is 0.295 e. The number of rotatable bonds is 7. The zero-order valence-electron chi connectivity index (χ0n) is 16.8. The van der Waals surface area contributed by atoms with Crippen molar-refractivity contribution >= 4 is 34.5 Å². The number of nitro groups is 1. The molecule has 3 rings (SSSR count). The quantitative estimate of drug-likeness (QED) is 0.235. The van der Waals surface area contributed by atoms with Gasteiger partial charge in [-0.2, -0.15) is 0 Å². The zero-order chi connectivity index (χ0) is 22.0. The number of likely N-dealkylation sites (tertiary alicyclic amines) is 1. The summed E-state index contributed by atoms with van der Waals surface area (Å²) in [5.41, 5.74) is 0.972. The van der Waals surface area contributed by atoms with E-state index in [-0.39, 0.29) is 41.8 Å². The normalized spacial score (nSPS) is 18.4. The van der Waals surface area contributed by atoms with Crippen LogP contribution in [0.5, 0.6) is 0 Å². The number of ketones is 1. The van der Waals surface area contributed by atoms with Gasteiger partial charge >= 0.3 is 0 Å². The van der Waals surface area contributed by atoms with Crippen LogP contribution in [-0.2, 0) is 14.3 Å². The van der Waals surface area contributed by atoms with Crippen LogP contribution in [0, 0.1) is 17.0 Å². The van der Waals surface area contributed by atoms with Crippen molar-refractivity contribution < 1.29 is 24.4 Å². The number of carbonyl (C=O) groups is 2. The summed E-state index contributed by atoms with van der Waals surface area (Å²) in [6, 6.07) is 6.36. The SMILES string of the molecule is Cc1ccsc1C1/C(=C(/O)c2ccc([N+](=O)[O-])cc2)C(=O)C(=O)N1CCOC(C)C. The molecule has 9 heteroatoms. The number of carbonyl (C=O) groups excluding carboxylic acids is 2. The molecule has 158 valence electrons. The molecule has 0 saturated carbocycles. The molecule has 1 aromatic heterocycles. The number of thiophene rings is 1. The Morgan fingerprint density at radius 2 is 1.93 bits per heavy atom. The molecule has 1 N–H and O–H groups in total. The third-order valence-electron chi connectivity index (χ3n) is 4.82. The van der Waals surface area contributed by atoms with E-state index in [0.717, 1.165) is 10.4 Å². The van der Waals surface area contributed by atoms with E-state index in [2.05, 4.69) is 0 Å². The second-order valence-electron chi connectivity index (χ2n) is 7.18. The molecule has 1 saturated heterocycles. The van der Waals surface area contributed by atoms with Gasteiger partial charge in [0.1, 0.15) is 5.76 Å². The molecule has 30 heavy (non-hydrogen) atoms. The van der Waals surface area contributed by atoms with Gasteiger partial charge in [0.25, 0.3) is 17.4 Å². The Morgan fingerprint density at radius 3 is 2.47 bits per heavy atom. The lowest BCUT2D eigenvalue weighted by Crippen LogP contribution is -2.33. The molecule has 8 nitrogen and oxygen atoms in total. The van der Waals surface area contributed by atoms with Gasteiger partial charge < -0.3 is 14.7 Å². The molecular weight excluding hydrogens is 408 g/mol. The molecule has 0 radical (unpaired) electrons. The molecule has 0 aliphatic carbocycles. The van der Waals surface area contributed by atoms with Crippen molar-refractivity contribution in [1.29, 1.82) is 0 Å². The number of hydrogen-bond donors (Lipinski definition) is 1. The number of nitro benzene ring substituents is 1. The molecule has 0 spiro atoms. The van der Waals surface area contributed by atoms with Crippen molar-refractivity contribution in [3.8, 4) is 0 Å². The van der Waals surface area contributed by atoms with Crippen molar-refractivity contribution in [2.45, 2.75) is 32.9 Å². The lowest BCUT2D eigenvalue weighted by molar-refractivity contribution is -0.384. The van der Waals surface area contributed by atoms with Crippen LogP contribution in [0.15, 0.2) is 41.3 Å². The van der Waals surface area contributed by atoms with E-state index < -0.39 is 22.7 Å². The van der Waals surface area contributed by atoms with Gasteiger partial charge in [-0.25, -0.2) is 0 Å². The number of Topliss-reactive ketones (excluding diaryl/α,β-unsaturated/α-hetero) is 1. The zero-order valence-corrected chi connectivity index (χ0v) is 17.6. The average molecular weight is 430 g/mol. The lowest BCUT2D eigenvalue weighted by atomic mass is 9.98. The minimum atomic E-state index is -0.784. The van der Waals surface area contributed by atoms with Crippen LogP contribution in [0.3, 0.4) is 0 Å². The van der Waals surface area contributed by atoms with E-state index >= 15 is 0 Å². The summed E-state index contributed by atoms with van der Waals surface area (Å²) in [6.45, 7) is 6.08. The summed E-state index contributed by atoms with van der Waals surface area (Å²) in [5, 5.41) is 23.7. The Bertz CT molecular complexity index is 1010. The largest absolute Gasteiger partial charge is 0.507 e. The fourth-order valence-corrected chi connectivity index (χ4v) is 4.38. The molecule has 1 aliphatic heterocycles. The van der Waals surface area contributed by atoms with Gasteiger partial charge in [-0.05, 0) is 49.9 Å². The fraction of sp³-hybridized carbons (Fsp3) is 0.333. The molecule has 1 fully saturated rings. The molecule has 1 unspecified atom stereocenters. The van der Waals surface area contributed by atoms with Gasteiger partial charge in [-0.15, -0.1) is 11.3 Å². The Kier molecular flexibility index (Phi) is 6.33. The number of aliphatic hydroxyl groups excluding tert-OH is 1. The minimum Gasteiger partial charge on any atom is -0.507 e. The summed E-state index contributed by atoms with van der Waals surface area (Å²) in [5.74, 6) is -1.84. The standard InChI is InChI=1S/C21H22N2O6S/c1-12(2)29-10-9-22-17(20-13(3)8-11-30-20)16(19(25)21(22)26)18(24)14-4-6-15(7-5-14)23(27)28/h4-8,11-12,17,24H,9-10H2,1-3H3/b18-16-. The maximum absolute atomic E-state index is 12.9. The van der Waals surface area contributed by atoms with Gasteiger partial charge in [0.2, 0.25) is 0 Å². The van der Waals surface area contributed by atoms with E-state index in [1.54, 1.807) is 0 Å². The van der Waals surface area contributed by atoms with Crippen molar-refractivity contribution in [1.82, 2.24) is 4.90 Å². The maximum atomic E-state index is 12.9. The average Bonchev–Trinajstić information content (AvgIpc) is 3.23. The number of ether oxygens (including phenoxy) is 1. The lowest BCUT2D eigenvalue weighted by Gasteiger charge is -2.25. The first-order valence-electron chi connectivity index (χ1n) is 9.41. The summed E-state index contributed by atoms with van der Waals surface area (Å²) in [4.78, 5) is 38.2. The van der Waals surface area contributed by atoms with E-state index in [0.29, 0.717) is 0 Å². The third-order valence-corrected chi connectivity index (χ3v) is 5.90. The second kappa shape index (κ2) is 8.76. The highest BCUT2D eigenvalue weighted by molar-refractivity contribution is 7.10. The first kappa shape index (κ1) is 21.7. The van der Waals surface area contributed by atoms with Crippen LogP contribution in [0.25, 0.3) is 5.76 Å². The molecule has 0 bridgehead atoms. The summed E-state index contributed by atoms with van der Waals surface area (Å²) in [6.07, 6.45) is -0.0242. The monoisotopic (exact) mass is 430 g/mol. The van der Waals surface area contributed by atoms with Crippen LogP contribution in [0.2, 0.25) is 0 Å². The third kappa shape index (κ3) is 4.12. The van der Waals surface area contributed by atoms with Crippen molar-refractivity contribution in [3.63, 3.8) is 0 Å². The van der Waals surface area contributed by atoms with Crippen LogP contribution in [0.4, 0.5) is 5.69 Å². The Labute approximate surface area is 177 Å². The summed E-state index contributed by atoms with van der Waals surface area (Å²) >= 11 is 1.40. The molecule has 1 aliphatic rings. The predicted molar refractivity (Wildman–Crippen MR) is 112 cm³/mol. The van der Waals surface area contributed by atoms with Crippen LogP contribution in [-0.4, -0.2) is 45.9 Å². The number of aliphatic hydroxyl groups is 1. The fourth-order valence-electron chi connectivity index (χ4n) is 3.33. The van der Waals surface area contributed by atoms with E-state index in [9.17, 15) is 24.8 Å². The van der Waals surface area contributed by atoms with Crippen molar-refractivity contribution in [3.05, 3.63) is 67.4 Å². The first-order valence-corrected chi connectivity index (χ1v) is 10.3. The topological polar surface area (TPSA) is 110 Å². The highest BCUT2D eigenvalue weighted by atomic mass is 32.1. The van der Waals surface area contributed by atoms with Crippen LogP contribution >= 0.6 is 11.3 Å². The molecule has 1 amide bonds. The maximum Gasteiger partial charge on any atom is 0.295 e. The highest BCUT2D eigenvalue weighted by Gasteiger charge is 2.46. The Morgan fingerprint density at radius 1 is 1.27 bits per heavy atom. The summed E-state index contributed by atoms with van der Waals surface area (Å²) in [7, 11) is 0. The van der Waals surface area contributed by atoms with Crippen molar-refractivity contribution in [2.24, 2.45) is 0 Å². The molecule has 2 heterocycles. The minimum absolute atomic E-state index is 0.0241. The van der Waals surface area contributed by atoms with Crippen molar-refractivity contribution in [2.75, 3.05) is 13.2 Å². The summed E-state index contributed by atoms with van der Waals surface area (Å²) < 4.78 is 5.56. The molecule has 1 atom stereocenters. The van der Waals surface area contributed by atoms with Crippen LogP contribution in [0.1, 0.15) is 35.9 Å². The number of aryl methyl sites for hydroxylation is 1. The van der Waals surface area contributed by atoms with E-state index in [4.69, 9.17) is 4.74 Å². The number of amides is 1. The molecular formula is C21H22N2O6S. The van der Waals surface area contributed by atoms with Crippen LogP contribution < -0.4 is 0 Å². The predicted octanol–water partition coefficient (Wildman–Crippen LogP) is 3.81.